The summed E-state index contributed by atoms with van der Waals surface area (Å²) >= 11 is 0. The van der Waals surface area contributed by atoms with Gasteiger partial charge in [0.15, 0.2) is 0 Å². The lowest BCUT2D eigenvalue weighted by atomic mass is 10.1. The maximum atomic E-state index is 11.3. The Hall–Kier alpha value is -2.13. The standard InChI is InChI=1S/C14H20N4O4S/c1-14(2,18-23(4,19)20)9-15-13-16-12(17-22-13)10-6-5-7-11(8-10)21-3/h5-8,18H,9H2,1-4H3,(H,15,16,17). The molecule has 0 aliphatic heterocycles. The maximum Gasteiger partial charge on any atom is 0.321 e. The number of aromatic nitrogens is 2. The zero-order valence-corrected chi connectivity index (χ0v) is 14.3. The molecule has 1 aromatic carbocycles. The molecule has 8 nitrogen and oxygen atoms in total. The first-order chi connectivity index (χ1) is 10.7. The van der Waals surface area contributed by atoms with Gasteiger partial charge < -0.3 is 14.6 Å². The van der Waals surface area contributed by atoms with Crippen LogP contribution in [-0.4, -0.2) is 44.0 Å². The van der Waals surface area contributed by atoms with Crippen molar-refractivity contribution in [3.63, 3.8) is 0 Å². The number of nitrogens with one attached hydrogen (secondary N) is 2. The van der Waals surface area contributed by atoms with Crippen molar-refractivity contribution in [2.45, 2.75) is 19.4 Å². The molecule has 0 aliphatic carbocycles. The fourth-order valence-corrected chi connectivity index (χ4v) is 3.09. The van der Waals surface area contributed by atoms with Crippen LogP contribution < -0.4 is 14.8 Å². The maximum absolute atomic E-state index is 11.3. The summed E-state index contributed by atoms with van der Waals surface area (Å²) in [6, 6.07) is 7.50. The molecule has 0 atom stereocenters. The second kappa shape index (κ2) is 6.55. The van der Waals surface area contributed by atoms with Crippen LogP contribution in [-0.2, 0) is 10.0 Å². The molecule has 0 radical (unpaired) electrons. The zero-order valence-electron chi connectivity index (χ0n) is 13.5. The van der Waals surface area contributed by atoms with E-state index in [2.05, 4.69) is 20.2 Å². The number of anilines is 1. The number of benzene rings is 1. The lowest BCUT2D eigenvalue weighted by molar-refractivity contribution is 0.414. The highest BCUT2D eigenvalue weighted by Gasteiger charge is 2.23. The van der Waals surface area contributed by atoms with Crippen LogP contribution in [0, 0.1) is 0 Å². The summed E-state index contributed by atoms with van der Waals surface area (Å²) in [5.41, 5.74) is 0.0627. The summed E-state index contributed by atoms with van der Waals surface area (Å²) in [5, 5.41) is 6.82. The van der Waals surface area contributed by atoms with E-state index in [-0.39, 0.29) is 6.01 Å². The summed E-state index contributed by atoms with van der Waals surface area (Å²) in [4.78, 5) is 4.23. The van der Waals surface area contributed by atoms with Gasteiger partial charge in [-0.05, 0) is 26.0 Å². The van der Waals surface area contributed by atoms with Gasteiger partial charge in [-0.1, -0.05) is 17.3 Å². The molecule has 0 spiro atoms. The Kier molecular flexibility index (Phi) is 4.90. The quantitative estimate of drug-likeness (QED) is 0.786. The van der Waals surface area contributed by atoms with Crippen molar-refractivity contribution >= 4 is 16.0 Å². The third-order valence-corrected chi connectivity index (χ3v) is 3.82. The highest BCUT2D eigenvalue weighted by atomic mass is 32.2. The third-order valence-electron chi connectivity index (χ3n) is 2.90. The van der Waals surface area contributed by atoms with E-state index in [1.807, 2.05) is 18.2 Å². The predicted molar refractivity (Wildman–Crippen MR) is 86.8 cm³/mol. The van der Waals surface area contributed by atoms with Crippen LogP contribution in [0.2, 0.25) is 0 Å². The number of ether oxygens (including phenoxy) is 1. The van der Waals surface area contributed by atoms with E-state index in [1.54, 1.807) is 27.0 Å². The smallest absolute Gasteiger partial charge is 0.321 e. The van der Waals surface area contributed by atoms with Gasteiger partial charge in [-0.25, -0.2) is 13.1 Å². The molecule has 23 heavy (non-hydrogen) atoms. The van der Waals surface area contributed by atoms with Gasteiger partial charge in [0.25, 0.3) is 0 Å². The predicted octanol–water partition coefficient (Wildman–Crippen LogP) is 1.48. The Morgan fingerprint density at radius 1 is 1.35 bits per heavy atom. The molecule has 0 amide bonds. The average molecular weight is 340 g/mol. The van der Waals surface area contributed by atoms with E-state index in [1.165, 1.54) is 0 Å². The molecule has 1 aromatic heterocycles. The molecule has 2 aromatic rings. The highest BCUT2D eigenvalue weighted by molar-refractivity contribution is 7.88. The van der Waals surface area contributed by atoms with Crippen molar-refractivity contribution in [1.82, 2.24) is 14.9 Å². The van der Waals surface area contributed by atoms with Crippen molar-refractivity contribution in [2.24, 2.45) is 0 Å². The Balaban J connectivity index is 2.05. The summed E-state index contributed by atoms with van der Waals surface area (Å²) in [6.07, 6.45) is 1.11. The van der Waals surface area contributed by atoms with Crippen molar-refractivity contribution in [2.75, 3.05) is 25.2 Å². The Morgan fingerprint density at radius 3 is 2.74 bits per heavy atom. The van der Waals surface area contributed by atoms with Gasteiger partial charge in [0, 0.05) is 17.6 Å². The van der Waals surface area contributed by atoms with E-state index in [4.69, 9.17) is 9.26 Å². The minimum atomic E-state index is -3.30. The van der Waals surface area contributed by atoms with Gasteiger partial charge in [0.1, 0.15) is 5.75 Å². The number of hydrogen-bond donors (Lipinski definition) is 2. The second-order valence-corrected chi connectivity index (χ2v) is 7.52. The first kappa shape index (κ1) is 17.2. The molecule has 9 heteroatoms. The van der Waals surface area contributed by atoms with Crippen molar-refractivity contribution in [3.05, 3.63) is 24.3 Å². The summed E-state index contributed by atoms with van der Waals surface area (Å²) in [6.45, 7) is 3.79. The molecule has 0 unspecified atom stereocenters. The molecule has 0 saturated heterocycles. The molecule has 2 rings (SSSR count). The average Bonchev–Trinajstić information content (AvgIpc) is 2.92. The number of sulfonamides is 1. The molecule has 0 bridgehead atoms. The van der Waals surface area contributed by atoms with Crippen LogP contribution in [0.5, 0.6) is 5.75 Å². The van der Waals surface area contributed by atoms with E-state index in [9.17, 15) is 8.42 Å². The number of hydrogen-bond acceptors (Lipinski definition) is 7. The Labute approximate surface area is 135 Å². The van der Waals surface area contributed by atoms with Gasteiger partial charge >= 0.3 is 6.01 Å². The molecule has 0 aliphatic rings. The normalized spacial score (nSPS) is 12.2. The lowest BCUT2D eigenvalue weighted by Gasteiger charge is -2.24. The van der Waals surface area contributed by atoms with Gasteiger partial charge in [-0.15, -0.1) is 0 Å². The molecular formula is C14H20N4O4S. The molecule has 0 saturated carbocycles. The molecule has 2 N–H and O–H groups in total. The van der Waals surface area contributed by atoms with Gasteiger partial charge in [-0.2, -0.15) is 4.98 Å². The van der Waals surface area contributed by atoms with E-state index >= 15 is 0 Å². The van der Waals surface area contributed by atoms with Gasteiger partial charge in [-0.3, -0.25) is 0 Å². The van der Waals surface area contributed by atoms with Crippen LogP contribution >= 0.6 is 0 Å². The van der Waals surface area contributed by atoms with Crippen molar-refractivity contribution < 1.29 is 17.7 Å². The minimum absolute atomic E-state index is 0.214. The molecule has 0 fully saturated rings. The largest absolute Gasteiger partial charge is 0.497 e. The summed E-state index contributed by atoms with van der Waals surface area (Å²) in [5.74, 6) is 1.11. The van der Waals surface area contributed by atoms with Crippen molar-refractivity contribution in [1.29, 1.82) is 0 Å². The van der Waals surface area contributed by atoms with Crippen LogP contribution in [0.4, 0.5) is 6.01 Å². The number of nitrogens with zero attached hydrogens (tertiary/aromatic N) is 2. The lowest BCUT2D eigenvalue weighted by Crippen LogP contribution is -2.47. The Bertz CT molecular complexity index is 771. The molecular weight excluding hydrogens is 320 g/mol. The monoisotopic (exact) mass is 340 g/mol. The van der Waals surface area contributed by atoms with E-state index in [0.29, 0.717) is 18.1 Å². The third kappa shape index (κ3) is 5.22. The minimum Gasteiger partial charge on any atom is -0.497 e. The number of methoxy groups -OCH3 is 1. The van der Waals surface area contributed by atoms with Crippen molar-refractivity contribution in [3.8, 4) is 17.1 Å². The first-order valence-electron chi connectivity index (χ1n) is 6.89. The van der Waals surface area contributed by atoms with Crippen LogP contribution in [0.15, 0.2) is 28.8 Å². The van der Waals surface area contributed by atoms with Crippen LogP contribution in [0.3, 0.4) is 0 Å². The number of rotatable bonds is 7. The molecule has 1 heterocycles. The van der Waals surface area contributed by atoms with Gasteiger partial charge in [0.2, 0.25) is 15.8 Å². The van der Waals surface area contributed by atoms with Crippen LogP contribution in [0.25, 0.3) is 11.4 Å². The zero-order chi connectivity index (χ0) is 17.1. The molecule has 126 valence electrons. The Morgan fingerprint density at radius 2 is 2.09 bits per heavy atom. The second-order valence-electron chi connectivity index (χ2n) is 5.77. The fraction of sp³-hybridized carbons (Fsp3) is 0.429. The SMILES string of the molecule is COc1cccc(-c2noc(NCC(C)(C)NS(C)(=O)=O)n2)c1. The summed E-state index contributed by atoms with van der Waals surface area (Å²) < 4.78 is 35.4. The van der Waals surface area contributed by atoms with E-state index < -0.39 is 15.6 Å². The topological polar surface area (TPSA) is 106 Å². The van der Waals surface area contributed by atoms with E-state index in [0.717, 1.165) is 11.8 Å². The highest BCUT2D eigenvalue weighted by Crippen LogP contribution is 2.22. The van der Waals surface area contributed by atoms with Crippen LogP contribution in [0.1, 0.15) is 13.8 Å². The fourth-order valence-electron chi connectivity index (χ4n) is 2.01. The first-order valence-corrected chi connectivity index (χ1v) is 8.79. The van der Waals surface area contributed by atoms with Gasteiger partial charge in [0.05, 0.1) is 13.4 Å². The summed E-state index contributed by atoms with van der Waals surface area (Å²) in [7, 11) is -1.72.